The minimum absolute atomic E-state index is 0.142. The lowest BCUT2D eigenvalue weighted by atomic mass is 10.1. The Morgan fingerprint density at radius 2 is 1.93 bits per heavy atom. The maximum absolute atomic E-state index is 13.0. The summed E-state index contributed by atoms with van der Waals surface area (Å²) in [5, 5.41) is 2.33. The molecule has 5 rings (SSSR count). The molecule has 0 bridgehead atoms. The Morgan fingerprint density at radius 3 is 2.75 bits per heavy atom. The largest absolute Gasteiger partial charge is 0.379 e. The zero-order chi connectivity index (χ0) is 19.3. The van der Waals surface area contributed by atoms with Gasteiger partial charge in [0.1, 0.15) is 0 Å². The number of sulfonamides is 1. The van der Waals surface area contributed by atoms with E-state index in [4.69, 9.17) is 4.74 Å². The lowest BCUT2D eigenvalue weighted by Gasteiger charge is -2.26. The van der Waals surface area contributed by atoms with Crippen LogP contribution >= 0.6 is 0 Å². The van der Waals surface area contributed by atoms with Crippen LogP contribution in [-0.2, 0) is 21.2 Å². The molecule has 0 spiro atoms. The Morgan fingerprint density at radius 1 is 1.11 bits per heavy atom. The molecule has 7 nitrogen and oxygen atoms in total. The van der Waals surface area contributed by atoms with Gasteiger partial charge in [0.25, 0.3) is 5.56 Å². The summed E-state index contributed by atoms with van der Waals surface area (Å²) < 4.78 is 34.1. The van der Waals surface area contributed by atoms with Crippen molar-refractivity contribution in [3.63, 3.8) is 0 Å². The highest BCUT2D eigenvalue weighted by Crippen LogP contribution is 2.38. The number of hydrogen-bond donors (Lipinski definition) is 2. The van der Waals surface area contributed by atoms with Gasteiger partial charge in [0.15, 0.2) is 0 Å². The number of ether oxygens (including phenoxy) is 1. The number of pyridine rings is 1. The normalized spacial score (nSPS) is 17.1. The Hall–Kier alpha value is -2.26. The van der Waals surface area contributed by atoms with Gasteiger partial charge in [0, 0.05) is 54.3 Å². The quantitative estimate of drug-likeness (QED) is 0.492. The van der Waals surface area contributed by atoms with Crippen LogP contribution in [0.15, 0.2) is 40.0 Å². The van der Waals surface area contributed by atoms with Crippen LogP contribution in [0.5, 0.6) is 0 Å². The van der Waals surface area contributed by atoms with Crippen LogP contribution in [0.3, 0.4) is 0 Å². The molecule has 3 aromatic rings. The molecule has 0 unspecified atom stereocenters. The maximum Gasteiger partial charge on any atom is 0.256 e. The van der Waals surface area contributed by atoms with E-state index < -0.39 is 10.0 Å². The highest BCUT2D eigenvalue weighted by atomic mass is 32.2. The highest BCUT2D eigenvalue weighted by molar-refractivity contribution is 7.89. The van der Waals surface area contributed by atoms with Gasteiger partial charge in [-0.25, -0.2) is 13.1 Å². The van der Waals surface area contributed by atoms with E-state index in [0.717, 1.165) is 35.0 Å². The van der Waals surface area contributed by atoms with Gasteiger partial charge in [-0.3, -0.25) is 9.69 Å². The first-order valence-electron chi connectivity index (χ1n) is 9.44. The van der Waals surface area contributed by atoms with Crippen LogP contribution in [0, 0.1) is 0 Å². The number of H-pyrrole nitrogens is 1. The molecule has 2 N–H and O–H groups in total. The number of benzene rings is 2. The number of aromatic amines is 1. The van der Waals surface area contributed by atoms with Gasteiger partial charge in [-0.2, -0.15) is 0 Å². The Kier molecular flexibility index (Phi) is 4.24. The van der Waals surface area contributed by atoms with Gasteiger partial charge in [-0.05, 0) is 29.3 Å². The maximum atomic E-state index is 13.0. The van der Waals surface area contributed by atoms with E-state index >= 15 is 0 Å². The number of morpholine rings is 1. The molecule has 1 aliphatic heterocycles. The fourth-order valence-electron chi connectivity index (χ4n) is 4.30. The number of hydrogen-bond acceptors (Lipinski definition) is 5. The predicted octanol–water partition coefficient (Wildman–Crippen LogP) is 1.20. The summed E-state index contributed by atoms with van der Waals surface area (Å²) in [4.78, 5) is 17.7. The summed E-state index contributed by atoms with van der Waals surface area (Å²) in [5.74, 6) is 0. The summed E-state index contributed by atoms with van der Waals surface area (Å²) in [6.07, 6.45) is 0.515. The van der Waals surface area contributed by atoms with Crippen LogP contribution in [0.25, 0.3) is 21.7 Å². The first-order chi connectivity index (χ1) is 13.5. The molecule has 0 atom stereocenters. The molecule has 1 aliphatic carbocycles. The molecule has 28 heavy (non-hydrogen) atoms. The lowest BCUT2D eigenvalue weighted by Crippen LogP contribution is -2.41. The van der Waals surface area contributed by atoms with Crippen LogP contribution in [-0.4, -0.2) is 57.7 Å². The topological polar surface area (TPSA) is 91.5 Å². The SMILES string of the molecule is O=c1[nH]c2ccc(S(=O)(=O)NCCN3CCOCC3)c3c2c2c(cccc12)C3. The second-order valence-corrected chi connectivity index (χ2v) is 9.02. The summed E-state index contributed by atoms with van der Waals surface area (Å²) in [6.45, 7) is 4.03. The van der Waals surface area contributed by atoms with Crippen molar-refractivity contribution in [2.45, 2.75) is 11.3 Å². The second-order valence-electron chi connectivity index (χ2n) is 7.29. The standard InChI is InChI=1S/C20H21N3O4S/c24-20-14-3-1-2-13-12-15-17(5-4-16(22-20)19(15)18(13)14)28(25,26)21-6-7-23-8-10-27-11-9-23/h1-5,21H,6-12H2,(H,22,24). The molecule has 2 aliphatic rings. The summed E-state index contributed by atoms with van der Waals surface area (Å²) in [5.41, 5.74) is 2.31. The first-order valence-corrected chi connectivity index (χ1v) is 10.9. The van der Waals surface area contributed by atoms with Crippen LogP contribution in [0.1, 0.15) is 11.1 Å². The summed E-state index contributed by atoms with van der Waals surface area (Å²) >= 11 is 0. The average Bonchev–Trinajstić information content (AvgIpc) is 3.08. The average molecular weight is 399 g/mol. The number of aromatic nitrogens is 1. The van der Waals surface area contributed by atoms with Crippen LogP contribution in [0.4, 0.5) is 0 Å². The van der Waals surface area contributed by atoms with Crippen molar-refractivity contribution in [2.75, 3.05) is 39.4 Å². The van der Waals surface area contributed by atoms with Crippen molar-refractivity contribution in [3.05, 3.63) is 51.8 Å². The molecule has 8 heteroatoms. The minimum Gasteiger partial charge on any atom is -0.379 e. The van der Waals surface area contributed by atoms with E-state index in [-0.39, 0.29) is 5.56 Å². The summed E-state index contributed by atoms with van der Waals surface area (Å²) in [7, 11) is -3.64. The van der Waals surface area contributed by atoms with Crippen molar-refractivity contribution in [1.82, 2.24) is 14.6 Å². The smallest absolute Gasteiger partial charge is 0.256 e. The molecule has 1 saturated heterocycles. The molecule has 0 radical (unpaired) electrons. The monoisotopic (exact) mass is 399 g/mol. The predicted molar refractivity (Wildman–Crippen MR) is 107 cm³/mol. The fourth-order valence-corrected chi connectivity index (χ4v) is 5.56. The van der Waals surface area contributed by atoms with Crippen molar-refractivity contribution in [2.24, 2.45) is 0 Å². The molecule has 0 saturated carbocycles. The lowest BCUT2D eigenvalue weighted by molar-refractivity contribution is 0.0390. The zero-order valence-electron chi connectivity index (χ0n) is 15.3. The van der Waals surface area contributed by atoms with Gasteiger partial charge in [-0.15, -0.1) is 0 Å². The van der Waals surface area contributed by atoms with Crippen LogP contribution < -0.4 is 10.3 Å². The third kappa shape index (κ3) is 2.84. The molecule has 0 amide bonds. The molecular weight excluding hydrogens is 378 g/mol. The van der Waals surface area contributed by atoms with Gasteiger partial charge in [0.2, 0.25) is 10.0 Å². The summed E-state index contributed by atoms with van der Waals surface area (Å²) in [6, 6.07) is 8.89. The van der Waals surface area contributed by atoms with Crippen molar-refractivity contribution in [3.8, 4) is 0 Å². The fraction of sp³-hybridized carbons (Fsp3) is 0.350. The first kappa shape index (κ1) is 17.8. The molecule has 1 aromatic heterocycles. The van der Waals surface area contributed by atoms with E-state index in [1.165, 1.54) is 0 Å². The highest BCUT2D eigenvalue weighted by Gasteiger charge is 2.27. The van der Waals surface area contributed by atoms with Crippen molar-refractivity contribution >= 4 is 31.7 Å². The number of nitrogens with one attached hydrogen (secondary N) is 2. The van der Waals surface area contributed by atoms with Gasteiger partial charge < -0.3 is 9.72 Å². The van der Waals surface area contributed by atoms with Crippen molar-refractivity contribution < 1.29 is 13.2 Å². The van der Waals surface area contributed by atoms with E-state index in [2.05, 4.69) is 14.6 Å². The van der Waals surface area contributed by atoms with E-state index in [1.54, 1.807) is 18.2 Å². The third-order valence-electron chi connectivity index (χ3n) is 5.64. The second kappa shape index (κ2) is 6.66. The van der Waals surface area contributed by atoms with Crippen LogP contribution in [0.2, 0.25) is 0 Å². The number of rotatable bonds is 5. The Labute approximate surface area is 162 Å². The molecular formula is C20H21N3O4S. The molecule has 146 valence electrons. The van der Waals surface area contributed by atoms with Gasteiger partial charge in [0.05, 0.1) is 18.1 Å². The van der Waals surface area contributed by atoms with E-state index in [9.17, 15) is 13.2 Å². The van der Waals surface area contributed by atoms with Gasteiger partial charge in [-0.1, -0.05) is 12.1 Å². The zero-order valence-corrected chi connectivity index (χ0v) is 16.1. The molecule has 2 aromatic carbocycles. The number of nitrogens with zero attached hydrogens (tertiary/aromatic N) is 1. The Balaban J connectivity index is 1.50. The molecule has 1 fully saturated rings. The van der Waals surface area contributed by atoms with E-state index in [1.807, 2.05) is 12.1 Å². The van der Waals surface area contributed by atoms with Crippen molar-refractivity contribution in [1.29, 1.82) is 0 Å². The van der Waals surface area contributed by atoms with Gasteiger partial charge >= 0.3 is 0 Å². The minimum atomic E-state index is -3.64. The molecule has 2 heterocycles. The Bertz CT molecular complexity index is 1240. The third-order valence-corrected chi connectivity index (χ3v) is 7.19. The van der Waals surface area contributed by atoms with E-state index in [0.29, 0.717) is 48.5 Å².